The molecule has 4 aliphatic carbocycles. The van der Waals surface area contributed by atoms with E-state index >= 15 is 0 Å². The van der Waals surface area contributed by atoms with Crippen molar-refractivity contribution in [1.29, 1.82) is 0 Å². The predicted molar refractivity (Wildman–Crippen MR) is 131 cm³/mol. The molecule has 0 bridgehead atoms. The molecule has 0 amide bonds. The van der Waals surface area contributed by atoms with Gasteiger partial charge in [-0.2, -0.15) is 0 Å². The minimum absolute atomic E-state index is 0.0341. The Morgan fingerprint density at radius 1 is 1.09 bits per heavy atom. The van der Waals surface area contributed by atoms with E-state index in [4.69, 9.17) is 4.74 Å². The first-order valence-electron chi connectivity index (χ1n) is 12.6. The summed E-state index contributed by atoms with van der Waals surface area (Å²) in [7, 11) is -4.29. The lowest BCUT2D eigenvalue weighted by molar-refractivity contribution is -0.114. The number of rotatable bonds is 2. The Balaban J connectivity index is 1.51. The monoisotopic (exact) mass is 480 g/mol. The fraction of sp³-hybridized carbons (Fsp3) is 0.536. The van der Waals surface area contributed by atoms with Gasteiger partial charge in [-0.15, -0.1) is 0 Å². The lowest BCUT2D eigenvalue weighted by atomic mass is 9.50. The smallest absolute Gasteiger partial charge is 0.356 e. The van der Waals surface area contributed by atoms with E-state index in [-0.39, 0.29) is 28.0 Å². The topological polar surface area (TPSA) is 83.8 Å². The molecule has 34 heavy (non-hydrogen) atoms. The fourth-order valence-electron chi connectivity index (χ4n) is 8.32. The summed E-state index contributed by atoms with van der Waals surface area (Å²) in [5.41, 5.74) is 6.13. The van der Waals surface area contributed by atoms with Gasteiger partial charge in [-0.3, -0.25) is 9.36 Å². The zero-order chi connectivity index (χ0) is 23.9. The second-order valence-electron chi connectivity index (χ2n) is 11.2. The predicted octanol–water partition coefficient (Wildman–Crippen LogP) is 5.10. The Kier molecular flexibility index (Phi) is 5.07. The molecule has 6 rings (SSSR count). The third-order valence-corrected chi connectivity index (χ3v) is 10.8. The number of carbonyl (C=O) groups is 1. The molecule has 6 heteroatoms. The first-order valence-corrected chi connectivity index (χ1v) is 14.2. The van der Waals surface area contributed by atoms with Crippen molar-refractivity contribution in [3.8, 4) is 0 Å². The standard InChI is InChI=1S/C28H33O5P/c1-17-12-14-33-28(17)13-11-25-23-9-5-19-15-20(29)6-10-22(19)26(23)24(16-27(25,28)2)18-3-7-21(8-4-18)34(30,31)32/h3-4,7-8,15,23-25H,1,5-6,9-14,16H2,2H3,(H2,30,31,32)/t23-,24+,25-,27-,28+/m0/s1. The molecule has 2 saturated carbocycles. The summed E-state index contributed by atoms with van der Waals surface area (Å²) in [5.74, 6) is 1.35. The summed E-state index contributed by atoms with van der Waals surface area (Å²) in [4.78, 5) is 31.5. The van der Waals surface area contributed by atoms with Gasteiger partial charge in [0.05, 0.1) is 17.5 Å². The quantitative estimate of drug-likeness (QED) is 0.454. The van der Waals surface area contributed by atoms with Gasteiger partial charge in [-0.25, -0.2) is 0 Å². The van der Waals surface area contributed by atoms with E-state index in [2.05, 4.69) is 13.5 Å². The normalized spacial score (nSPS) is 37.5. The second-order valence-corrected chi connectivity index (χ2v) is 12.8. The highest BCUT2D eigenvalue weighted by molar-refractivity contribution is 7.60. The van der Waals surface area contributed by atoms with Gasteiger partial charge in [-0.05, 0) is 97.3 Å². The van der Waals surface area contributed by atoms with Gasteiger partial charge in [0.1, 0.15) is 0 Å². The van der Waals surface area contributed by atoms with Crippen molar-refractivity contribution in [2.24, 2.45) is 17.3 Å². The molecule has 1 aromatic rings. The second kappa shape index (κ2) is 7.61. The molecule has 5 aliphatic rings. The highest BCUT2D eigenvalue weighted by atomic mass is 31.2. The highest BCUT2D eigenvalue weighted by Gasteiger charge is 2.65. The number of benzene rings is 1. The van der Waals surface area contributed by atoms with Gasteiger partial charge in [0.15, 0.2) is 5.78 Å². The molecule has 0 aromatic heterocycles. The summed E-state index contributed by atoms with van der Waals surface area (Å²) in [6.07, 6.45) is 9.30. The Morgan fingerprint density at radius 2 is 1.85 bits per heavy atom. The van der Waals surface area contributed by atoms with Crippen LogP contribution in [-0.2, 0) is 14.1 Å². The Hall–Kier alpha value is -1.78. The van der Waals surface area contributed by atoms with Crippen molar-refractivity contribution in [3.05, 3.63) is 64.8 Å². The van der Waals surface area contributed by atoms with Crippen molar-refractivity contribution >= 4 is 18.7 Å². The maximum Gasteiger partial charge on any atom is 0.356 e. The number of allylic oxidation sites excluding steroid dienone is 4. The zero-order valence-corrected chi connectivity index (χ0v) is 20.7. The van der Waals surface area contributed by atoms with E-state index in [1.54, 1.807) is 12.1 Å². The number of ether oxygens (including phenoxy) is 1. The number of fused-ring (bicyclic) bond motifs is 5. The van der Waals surface area contributed by atoms with E-state index in [9.17, 15) is 19.1 Å². The van der Waals surface area contributed by atoms with Crippen LogP contribution in [0.1, 0.15) is 69.8 Å². The summed E-state index contributed by atoms with van der Waals surface area (Å²) in [6, 6.07) is 6.99. The summed E-state index contributed by atoms with van der Waals surface area (Å²) < 4.78 is 18.4. The van der Waals surface area contributed by atoms with Gasteiger partial charge < -0.3 is 14.5 Å². The summed E-state index contributed by atoms with van der Waals surface area (Å²) in [5, 5.41) is 0.0580. The van der Waals surface area contributed by atoms with Crippen LogP contribution in [0.2, 0.25) is 0 Å². The average Bonchev–Trinajstić information content (AvgIpc) is 3.32. The molecule has 180 valence electrons. The van der Waals surface area contributed by atoms with Crippen LogP contribution in [0.25, 0.3) is 0 Å². The molecule has 1 aliphatic heterocycles. The van der Waals surface area contributed by atoms with E-state index in [0.29, 0.717) is 18.3 Å². The van der Waals surface area contributed by atoms with Crippen molar-refractivity contribution in [1.82, 2.24) is 0 Å². The minimum Gasteiger partial charge on any atom is -0.370 e. The zero-order valence-electron chi connectivity index (χ0n) is 19.8. The Bertz CT molecular complexity index is 1190. The summed E-state index contributed by atoms with van der Waals surface area (Å²) >= 11 is 0. The molecule has 1 heterocycles. The van der Waals surface area contributed by atoms with Crippen molar-refractivity contribution in [2.45, 2.75) is 69.8 Å². The first-order chi connectivity index (χ1) is 16.1. The lowest BCUT2D eigenvalue weighted by Gasteiger charge is -2.55. The maximum atomic E-state index is 12.2. The Labute approximate surface area is 201 Å². The van der Waals surface area contributed by atoms with E-state index in [0.717, 1.165) is 57.1 Å². The first kappa shape index (κ1) is 22.7. The minimum atomic E-state index is -4.29. The number of ketones is 1. The van der Waals surface area contributed by atoms with Gasteiger partial charge >= 0.3 is 7.60 Å². The lowest BCUT2D eigenvalue weighted by Crippen LogP contribution is -2.52. The molecule has 1 aromatic carbocycles. The van der Waals surface area contributed by atoms with Crippen LogP contribution in [0.5, 0.6) is 0 Å². The molecule has 0 unspecified atom stereocenters. The van der Waals surface area contributed by atoms with Gasteiger partial charge in [0.2, 0.25) is 0 Å². The Morgan fingerprint density at radius 3 is 2.53 bits per heavy atom. The van der Waals surface area contributed by atoms with Gasteiger partial charge in [0, 0.05) is 17.8 Å². The van der Waals surface area contributed by atoms with Gasteiger partial charge in [0.25, 0.3) is 0 Å². The summed E-state index contributed by atoms with van der Waals surface area (Å²) in [6.45, 7) is 7.63. The van der Waals surface area contributed by atoms with E-state index in [1.165, 1.54) is 22.3 Å². The molecule has 1 saturated heterocycles. The number of carbonyl (C=O) groups excluding carboxylic acids is 1. The van der Waals surface area contributed by atoms with Crippen molar-refractivity contribution in [2.75, 3.05) is 6.61 Å². The molecular formula is C28H33O5P. The van der Waals surface area contributed by atoms with Crippen LogP contribution in [0, 0.1) is 17.3 Å². The van der Waals surface area contributed by atoms with Crippen LogP contribution in [0.15, 0.2) is 59.2 Å². The molecule has 1 spiro atoms. The van der Waals surface area contributed by atoms with Crippen LogP contribution in [0.4, 0.5) is 0 Å². The van der Waals surface area contributed by atoms with Gasteiger partial charge in [-0.1, -0.05) is 31.2 Å². The van der Waals surface area contributed by atoms with E-state index < -0.39 is 7.60 Å². The van der Waals surface area contributed by atoms with Crippen LogP contribution in [-0.4, -0.2) is 27.8 Å². The molecule has 5 atom stereocenters. The van der Waals surface area contributed by atoms with Crippen LogP contribution >= 0.6 is 7.60 Å². The largest absolute Gasteiger partial charge is 0.370 e. The number of hydrogen-bond acceptors (Lipinski definition) is 3. The maximum absolute atomic E-state index is 12.2. The van der Waals surface area contributed by atoms with Crippen LogP contribution in [0.3, 0.4) is 0 Å². The highest BCUT2D eigenvalue weighted by Crippen LogP contribution is 2.70. The van der Waals surface area contributed by atoms with E-state index in [1.807, 2.05) is 18.2 Å². The SMILES string of the molecule is C=C1CCO[C@]12CC[C@H]1[C@@H]3CCC4=CC(=O)CCC4=C3[C@@H](c3ccc(P(=O)(O)O)cc3)C[C@@]12C. The fourth-order valence-corrected chi connectivity index (χ4v) is 8.86. The molecule has 5 nitrogen and oxygen atoms in total. The molecule has 0 radical (unpaired) electrons. The van der Waals surface area contributed by atoms with Crippen molar-refractivity contribution < 1.29 is 23.9 Å². The molecule has 3 fully saturated rings. The van der Waals surface area contributed by atoms with Crippen molar-refractivity contribution in [3.63, 3.8) is 0 Å². The molecular weight excluding hydrogens is 447 g/mol. The molecule has 2 N–H and O–H groups in total. The third kappa shape index (κ3) is 3.10. The third-order valence-electron chi connectivity index (χ3n) is 9.81. The average molecular weight is 481 g/mol. The number of hydrogen-bond donors (Lipinski definition) is 2. The van der Waals surface area contributed by atoms with Crippen LogP contribution < -0.4 is 5.30 Å².